The fourth-order valence-corrected chi connectivity index (χ4v) is 3.91. The molecule has 0 amide bonds. The lowest BCUT2D eigenvalue weighted by atomic mass is 9.98. The van der Waals surface area contributed by atoms with Gasteiger partial charge in [0.15, 0.2) is 0 Å². The van der Waals surface area contributed by atoms with E-state index in [1.165, 1.54) is 4.31 Å². The summed E-state index contributed by atoms with van der Waals surface area (Å²) in [6, 6.07) is 5.35. The maximum atomic E-state index is 12.6. The fourth-order valence-electron chi connectivity index (χ4n) is 2.58. The van der Waals surface area contributed by atoms with Crippen LogP contribution in [-0.2, 0) is 10.0 Å². The Morgan fingerprint density at radius 1 is 1.20 bits per heavy atom. The number of piperidine rings is 1. The molecule has 1 aliphatic heterocycles. The predicted molar refractivity (Wildman–Crippen MR) is 81.3 cm³/mol. The van der Waals surface area contributed by atoms with Crippen molar-refractivity contribution in [2.24, 2.45) is 5.92 Å². The number of rotatable bonds is 4. The molecular formula is C15H24N2O2S. The maximum absolute atomic E-state index is 12.6. The van der Waals surface area contributed by atoms with Gasteiger partial charge in [0.2, 0.25) is 10.0 Å². The molecule has 1 N–H and O–H groups in total. The molecule has 0 atom stereocenters. The number of nitrogens with one attached hydrogen (secondary N) is 1. The highest BCUT2D eigenvalue weighted by Gasteiger charge is 2.24. The van der Waals surface area contributed by atoms with E-state index >= 15 is 0 Å². The smallest absolute Gasteiger partial charge is 0.242 e. The second kappa shape index (κ2) is 6.24. The van der Waals surface area contributed by atoms with Crippen LogP contribution in [0.4, 0.5) is 0 Å². The zero-order chi connectivity index (χ0) is 14.8. The molecule has 1 aliphatic rings. The second-order valence-corrected chi connectivity index (χ2v) is 7.77. The lowest BCUT2D eigenvalue weighted by Crippen LogP contribution is -2.37. The molecule has 112 valence electrons. The molecular weight excluding hydrogens is 272 g/mol. The molecule has 2 rings (SSSR count). The summed E-state index contributed by atoms with van der Waals surface area (Å²) in [5.41, 5.74) is 2.13. The third-order valence-corrected chi connectivity index (χ3v) is 5.98. The maximum Gasteiger partial charge on any atom is 0.242 e. The van der Waals surface area contributed by atoms with E-state index in [0.717, 1.165) is 37.1 Å². The Morgan fingerprint density at radius 2 is 1.85 bits per heavy atom. The summed E-state index contributed by atoms with van der Waals surface area (Å²) in [7, 11) is -1.68. The van der Waals surface area contributed by atoms with Crippen LogP contribution in [0.1, 0.15) is 24.0 Å². The fraction of sp³-hybridized carbons (Fsp3) is 0.600. The van der Waals surface area contributed by atoms with Crippen LogP contribution in [-0.4, -0.2) is 39.4 Å². The first-order valence-electron chi connectivity index (χ1n) is 7.15. The quantitative estimate of drug-likeness (QED) is 0.923. The van der Waals surface area contributed by atoms with Crippen molar-refractivity contribution in [1.82, 2.24) is 9.62 Å². The van der Waals surface area contributed by atoms with Crippen LogP contribution in [0.5, 0.6) is 0 Å². The van der Waals surface area contributed by atoms with Crippen molar-refractivity contribution in [2.45, 2.75) is 31.6 Å². The van der Waals surface area contributed by atoms with Crippen LogP contribution in [0.2, 0.25) is 0 Å². The first-order valence-corrected chi connectivity index (χ1v) is 8.59. The third-order valence-electron chi connectivity index (χ3n) is 4.16. The van der Waals surface area contributed by atoms with Crippen LogP contribution in [0.3, 0.4) is 0 Å². The predicted octanol–water partition coefficient (Wildman–Crippen LogP) is 1.92. The number of nitrogens with zero attached hydrogens (tertiary/aromatic N) is 1. The summed E-state index contributed by atoms with van der Waals surface area (Å²) in [4.78, 5) is 0.400. The summed E-state index contributed by atoms with van der Waals surface area (Å²) in [5.74, 6) is 0.461. The monoisotopic (exact) mass is 296 g/mol. The molecule has 0 radical (unpaired) electrons. The van der Waals surface area contributed by atoms with Gasteiger partial charge in [-0.25, -0.2) is 12.7 Å². The van der Waals surface area contributed by atoms with Crippen LogP contribution >= 0.6 is 0 Å². The van der Waals surface area contributed by atoms with Crippen molar-refractivity contribution in [3.63, 3.8) is 0 Å². The van der Waals surface area contributed by atoms with Crippen molar-refractivity contribution < 1.29 is 8.42 Å². The molecule has 20 heavy (non-hydrogen) atoms. The molecule has 0 aromatic heterocycles. The Morgan fingerprint density at radius 3 is 2.45 bits per heavy atom. The molecule has 0 aliphatic carbocycles. The van der Waals surface area contributed by atoms with E-state index in [4.69, 9.17) is 0 Å². The van der Waals surface area contributed by atoms with Crippen molar-refractivity contribution in [3.8, 4) is 0 Å². The SMILES string of the molecule is Cc1ccc(S(=O)(=O)N(C)CC2CCNCC2)cc1C. The molecule has 0 unspecified atom stereocenters. The molecule has 1 aromatic rings. The van der Waals surface area contributed by atoms with Crippen molar-refractivity contribution in [3.05, 3.63) is 29.3 Å². The highest BCUT2D eigenvalue weighted by atomic mass is 32.2. The Hall–Kier alpha value is -0.910. The second-order valence-electron chi connectivity index (χ2n) is 5.72. The minimum atomic E-state index is -3.36. The Balaban J connectivity index is 2.13. The first-order chi connectivity index (χ1) is 9.41. The largest absolute Gasteiger partial charge is 0.317 e. The summed E-state index contributed by atoms with van der Waals surface area (Å²) in [6.07, 6.45) is 2.10. The molecule has 4 nitrogen and oxygen atoms in total. The van der Waals surface area contributed by atoms with Gasteiger partial charge in [-0.15, -0.1) is 0 Å². The third kappa shape index (κ3) is 3.40. The van der Waals surface area contributed by atoms with Gasteiger partial charge in [-0.05, 0) is 69.0 Å². The minimum absolute atomic E-state index is 0.400. The molecule has 0 bridgehead atoms. The van der Waals surface area contributed by atoms with Gasteiger partial charge in [-0.1, -0.05) is 6.07 Å². The lowest BCUT2D eigenvalue weighted by molar-refractivity contribution is 0.311. The van der Waals surface area contributed by atoms with Crippen LogP contribution < -0.4 is 5.32 Å². The Bertz CT molecular complexity index is 563. The highest BCUT2D eigenvalue weighted by molar-refractivity contribution is 7.89. The zero-order valence-electron chi connectivity index (χ0n) is 12.5. The minimum Gasteiger partial charge on any atom is -0.317 e. The van der Waals surface area contributed by atoms with Gasteiger partial charge in [0.25, 0.3) is 0 Å². The number of hydrogen-bond acceptors (Lipinski definition) is 3. The molecule has 1 heterocycles. The topological polar surface area (TPSA) is 49.4 Å². The van der Waals surface area contributed by atoms with Crippen LogP contribution in [0, 0.1) is 19.8 Å². The van der Waals surface area contributed by atoms with E-state index in [1.54, 1.807) is 19.2 Å². The average molecular weight is 296 g/mol. The molecule has 1 saturated heterocycles. The van der Waals surface area contributed by atoms with E-state index in [9.17, 15) is 8.42 Å². The molecule has 0 saturated carbocycles. The van der Waals surface area contributed by atoms with E-state index in [1.807, 2.05) is 19.9 Å². The van der Waals surface area contributed by atoms with Crippen LogP contribution in [0.15, 0.2) is 23.1 Å². The number of aryl methyl sites for hydroxylation is 2. The van der Waals surface area contributed by atoms with E-state index in [-0.39, 0.29) is 0 Å². The normalized spacial score (nSPS) is 17.6. The van der Waals surface area contributed by atoms with Gasteiger partial charge >= 0.3 is 0 Å². The van der Waals surface area contributed by atoms with Crippen molar-refractivity contribution in [2.75, 3.05) is 26.7 Å². The Kier molecular flexibility index (Phi) is 4.83. The zero-order valence-corrected chi connectivity index (χ0v) is 13.3. The lowest BCUT2D eigenvalue weighted by Gasteiger charge is -2.27. The summed E-state index contributed by atoms with van der Waals surface area (Å²) in [6.45, 7) is 6.52. The molecule has 5 heteroatoms. The van der Waals surface area contributed by atoms with Gasteiger partial charge in [-0.2, -0.15) is 0 Å². The van der Waals surface area contributed by atoms with E-state index in [2.05, 4.69) is 5.32 Å². The van der Waals surface area contributed by atoms with Gasteiger partial charge in [0, 0.05) is 13.6 Å². The van der Waals surface area contributed by atoms with Crippen molar-refractivity contribution in [1.29, 1.82) is 0 Å². The molecule has 0 spiro atoms. The van der Waals surface area contributed by atoms with Crippen molar-refractivity contribution >= 4 is 10.0 Å². The van der Waals surface area contributed by atoms with Gasteiger partial charge in [0.1, 0.15) is 0 Å². The highest BCUT2D eigenvalue weighted by Crippen LogP contribution is 2.21. The average Bonchev–Trinajstić information content (AvgIpc) is 2.42. The van der Waals surface area contributed by atoms with E-state index in [0.29, 0.717) is 17.4 Å². The van der Waals surface area contributed by atoms with Crippen LogP contribution in [0.25, 0.3) is 0 Å². The van der Waals surface area contributed by atoms with E-state index < -0.39 is 10.0 Å². The van der Waals surface area contributed by atoms with Gasteiger partial charge < -0.3 is 5.32 Å². The summed E-state index contributed by atoms with van der Waals surface area (Å²) < 4.78 is 26.7. The molecule has 1 aromatic carbocycles. The first kappa shape index (κ1) is 15.5. The Labute approximate surface area is 122 Å². The number of benzene rings is 1. The number of sulfonamides is 1. The van der Waals surface area contributed by atoms with Gasteiger partial charge in [-0.3, -0.25) is 0 Å². The summed E-state index contributed by atoms with van der Waals surface area (Å²) in [5, 5.41) is 3.30. The molecule has 1 fully saturated rings. The number of hydrogen-bond donors (Lipinski definition) is 1. The summed E-state index contributed by atoms with van der Waals surface area (Å²) >= 11 is 0. The standard InChI is InChI=1S/C15H24N2O2S/c1-12-4-5-15(10-13(12)2)20(18,19)17(3)11-14-6-8-16-9-7-14/h4-5,10,14,16H,6-9,11H2,1-3H3. The van der Waals surface area contributed by atoms with Gasteiger partial charge in [0.05, 0.1) is 4.90 Å².